The summed E-state index contributed by atoms with van der Waals surface area (Å²) in [5.74, 6) is 0.360. The van der Waals surface area contributed by atoms with Crippen LogP contribution in [0.4, 0.5) is 5.82 Å². The van der Waals surface area contributed by atoms with E-state index in [1.807, 2.05) is 0 Å². The van der Waals surface area contributed by atoms with Gasteiger partial charge in [-0.1, -0.05) is 0 Å². The van der Waals surface area contributed by atoms with Crippen molar-refractivity contribution in [3.63, 3.8) is 0 Å². The second kappa shape index (κ2) is 5.40. The van der Waals surface area contributed by atoms with Crippen molar-refractivity contribution in [2.45, 2.75) is 25.7 Å². The first-order valence-corrected chi connectivity index (χ1v) is 7.41. The molecule has 1 unspecified atom stereocenters. The number of nitrogens with zero attached hydrogens (tertiary/aromatic N) is 2. The van der Waals surface area contributed by atoms with Gasteiger partial charge in [0.05, 0.1) is 5.56 Å². The highest BCUT2D eigenvalue weighted by atomic mass is 16.1. The van der Waals surface area contributed by atoms with Crippen molar-refractivity contribution in [3.8, 4) is 0 Å². The quantitative estimate of drug-likeness (QED) is 0.848. The molecule has 1 atom stereocenters. The molecule has 1 amide bonds. The van der Waals surface area contributed by atoms with Crippen molar-refractivity contribution in [1.82, 2.24) is 10.3 Å². The van der Waals surface area contributed by atoms with Crippen molar-refractivity contribution >= 4 is 11.7 Å². The lowest BCUT2D eigenvalue weighted by Gasteiger charge is -2.46. The van der Waals surface area contributed by atoms with Crippen molar-refractivity contribution in [3.05, 3.63) is 23.9 Å². The number of nitrogens with one attached hydrogen (secondary N) is 1. The molecule has 1 aromatic rings. The minimum Gasteiger partial charge on any atom is -0.365 e. The molecule has 3 N–H and O–H groups in total. The van der Waals surface area contributed by atoms with Crippen LogP contribution < -0.4 is 16.0 Å². The molecule has 5 nitrogen and oxygen atoms in total. The third-order valence-corrected chi connectivity index (χ3v) is 4.57. The van der Waals surface area contributed by atoms with Crippen molar-refractivity contribution in [1.29, 1.82) is 0 Å². The Morgan fingerprint density at radius 3 is 3.00 bits per heavy atom. The Morgan fingerprint density at radius 2 is 2.25 bits per heavy atom. The summed E-state index contributed by atoms with van der Waals surface area (Å²) in [5, 5.41) is 3.52. The first-order chi connectivity index (χ1) is 9.70. The smallest absolute Gasteiger partial charge is 0.252 e. The van der Waals surface area contributed by atoms with Gasteiger partial charge in [0.1, 0.15) is 5.82 Å². The SMILES string of the molecule is NC(=O)c1cccnc1N1CCCC2(CCCNC2)C1. The highest BCUT2D eigenvalue weighted by Crippen LogP contribution is 2.37. The molecule has 2 aliphatic heterocycles. The van der Waals surface area contributed by atoms with E-state index in [1.165, 1.54) is 19.3 Å². The summed E-state index contributed by atoms with van der Waals surface area (Å²) in [7, 11) is 0. The molecule has 108 valence electrons. The molecule has 1 aromatic heterocycles. The molecule has 0 aliphatic carbocycles. The number of hydrogen-bond donors (Lipinski definition) is 2. The first kappa shape index (κ1) is 13.4. The third-order valence-electron chi connectivity index (χ3n) is 4.57. The number of anilines is 1. The molecule has 2 saturated heterocycles. The molecule has 0 aromatic carbocycles. The van der Waals surface area contributed by atoms with Gasteiger partial charge in [-0.2, -0.15) is 0 Å². The number of aromatic nitrogens is 1. The number of amides is 1. The fraction of sp³-hybridized carbons (Fsp3) is 0.600. The van der Waals surface area contributed by atoms with E-state index in [9.17, 15) is 4.79 Å². The van der Waals surface area contributed by atoms with E-state index in [-0.39, 0.29) is 0 Å². The molecule has 3 heterocycles. The monoisotopic (exact) mass is 274 g/mol. The van der Waals surface area contributed by atoms with Crippen LogP contribution in [-0.4, -0.2) is 37.1 Å². The number of pyridine rings is 1. The van der Waals surface area contributed by atoms with Crippen LogP contribution in [0.25, 0.3) is 0 Å². The summed E-state index contributed by atoms with van der Waals surface area (Å²) < 4.78 is 0. The second-order valence-corrected chi connectivity index (χ2v) is 6.04. The molecule has 3 rings (SSSR count). The van der Waals surface area contributed by atoms with Gasteiger partial charge in [0.25, 0.3) is 5.91 Å². The zero-order valence-electron chi connectivity index (χ0n) is 11.8. The number of primary amides is 1. The summed E-state index contributed by atoms with van der Waals surface area (Å²) >= 11 is 0. The first-order valence-electron chi connectivity index (χ1n) is 7.41. The zero-order chi connectivity index (χ0) is 14.0. The van der Waals surface area contributed by atoms with Gasteiger partial charge in [0.15, 0.2) is 0 Å². The van der Waals surface area contributed by atoms with Crippen molar-refractivity contribution in [2.24, 2.45) is 11.1 Å². The highest BCUT2D eigenvalue weighted by Gasteiger charge is 2.37. The fourth-order valence-electron chi connectivity index (χ4n) is 3.61. The Morgan fingerprint density at radius 1 is 1.40 bits per heavy atom. The van der Waals surface area contributed by atoms with Crippen LogP contribution in [0.2, 0.25) is 0 Å². The molecule has 2 fully saturated rings. The molecule has 20 heavy (non-hydrogen) atoms. The van der Waals surface area contributed by atoms with E-state index in [2.05, 4.69) is 15.2 Å². The minimum atomic E-state index is -0.394. The molecule has 0 bridgehead atoms. The molecular weight excluding hydrogens is 252 g/mol. The van der Waals surface area contributed by atoms with Gasteiger partial charge in [-0.05, 0) is 44.4 Å². The summed E-state index contributed by atoms with van der Waals surface area (Å²) in [6.07, 6.45) is 6.64. The number of carbonyl (C=O) groups is 1. The van der Waals surface area contributed by atoms with E-state index < -0.39 is 5.91 Å². The van der Waals surface area contributed by atoms with Crippen LogP contribution in [0.3, 0.4) is 0 Å². The molecule has 0 radical (unpaired) electrons. The van der Waals surface area contributed by atoms with Crippen LogP contribution in [0.1, 0.15) is 36.0 Å². The van der Waals surface area contributed by atoms with Gasteiger partial charge >= 0.3 is 0 Å². The average Bonchev–Trinajstić information content (AvgIpc) is 2.48. The lowest BCUT2D eigenvalue weighted by atomic mass is 9.74. The van der Waals surface area contributed by atoms with Crippen molar-refractivity contribution < 1.29 is 4.79 Å². The number of piperidine rings is 2. The molecular formula is C15H22N4O. The normalized spacial score (nSPS) is 26.7. The highest BCUT2D eigenvalue weighted by molar-refractivity contribution is 5.97. The van der Waals surface area contributed by atoms with E-state index in [0.717, 1.165) is 38.4 Å². The predicted octanol–water partition coefficient (Wildman–Crippen LogP) is 1.15. The van der Waals surface area contributed by atoms with E-state index in [4.69, 9.17) is 5.73 Å². The average molecular weight is 274 g/mol. The van der Waals surface area contributed by atoms with Crippen LogP contribution in [0.5, 0.6) is 0 Å². The standard InChI is InChI=1S/C15H22N4O/c16-13(20)12-4-1-8-18-14(12)19-9-3-6-15(11-19)5-2-7-17-10-15/h1,4,8,17H,2-3,5-7,9-11H2,(H2,16,20). The molecule has 0 saturated carbocycles. The summed E-state index contributed by atoms with van der Waals surface area (Å²) in [5.41, 5.74) is 6.34. The van der Waals surface area contributed by atoms with Gasteiger partial charge in [0.2, 0.25) is 0 Å². The van der Waals surface area contributed by atoms with Crippen molar-refractivity contribution in [2.75, 3.05) is 31.1 Å². The number of carbonyl (C=O) groups excluding carboxylic acids is 1. The van der Waals surface area contributed by atoms with Gasteiger partial charge in [-0.15, -0.1) is 0 Å². The largest absolute Gasteiger partial charge is 0.365 e. The Balaban J connectivity index is 1.85. The maximum Gasteiger partial charge on any atom is 0.252 e. The van der Waals surface area contributed by atoms with Crippen LogP contribution in [-0.2, 0) is 0 Å². The number of rotatable bonds is 2. The van der Waals surface area contributed by atoms with Gasteiger partial charge in [-0.3, -0.25) is 4.79 Å². The summed E-state index contributed by atoms with van der Waals surface area (Å²) in [4.78, 5) is 18.2. The number of nitrogens with two attached hydrogens (primary N) is 1. The Labute approximate surface area is 119 Å². The van der Waals surface area contributed by atoms with E-state index >= 15 is 0 Å². The summed E-state index contributed by atoms with van der Waals surface area (Å²) in [6, 6.07) is 3.54. The van der Waals surface area contributed by atoms with E-state index in [0.29, 0.717) is 11.0 Å². The van der Waals surface area contributed by atoms with Gasteiger partial charge in [-0.25, -0.2) is 4.98 Å². The van der Waals surface area contributed by atoms with Crippen LogP contribution in [0.15, 0.2) is 18.3 Å². The lowest BCUT2D eigenvalue weighted by molar-refractivity contribution is 0.0999. The third kappa shape index (κ3) is 2.50. The molecule has 1 spiro atoms. The zero-order valence-corrected chi connectivity index (χ0v) is 11.8. The van der Waals surface area contributed by atoms with Crippen LogP contribution >= 0.6 is 0 Å². The predicted molar refractivity (Wildman–Crippen MR) is 78.7 cm³/mol. The number of hydrogen-bond acceptors (Lipinski definition) is 4. The minimum absolute atomic E-state index is 0.336. The van der Waals surface area contributed by atoms with Crippen LogP contribution in [0, 0.1) is 5.41 Å². The van der Waals surface area contributed by atoms with Gasteiger partial charge in [0, 0.05) is 31.2 Å². The van der Waals surface area contributed by atoms with E-state index in [1.54, 1.807) is 18.3 Å². The fourth-order valence-corrected chi connectivity index (χ4v) is 3.61. The second-order valence-electron chi connectivity index (χ2n) is 6.04. The topological polar surface area (TPSA) is 71.2 Å². The lowest BCUT2D eigenvalue weighted by Crippen LogP contribution is -2.51. The Kier molecular flexibility index (Phi) is 3.61. The summed E-state index contributed by atoms with van der Waals surface area (Å²) in [6.45, 7) is 4.12. The molecule has 2 aliphatic rings. The maximum atomic E-state index is 11.6. The Bertz CT molecular complexity index is 491. The Hall–Kier alpha value is -1.62. The molecule has 5 heteroatoms. The maximum absolute atomic E-state index is 11.6. The van der Waals surface area contributed by atoms with Gasteiger partial charge < -0.3 is 16.0 Å².